The van der Waals surface area contributed by atoms with Gasteiger partial charge in [-0.25, -0.2) is 4.98 Å². The number of benzene rings is 2. The second kappa shape index (κ2) is 7.55. The van der Waals surface area contributed by atoms with Gasteiger partial charge in [-0.05, 0) is 55.5 Å². The largest absolute Gasteiger partial charge is 0.490 e. The lowest BCUT2D eigenvalue weighted by atomic mass is 10.1. The molecule has 0 bridgehead atoms. The highest BCUT2D eigenvalue weighted by Gasteiger charge is 2.08. The van der Waals surface area contributed by atoms with E-state index in [-0.39, 0.29) is 0 Å². The van der Waals surface area contributed by atoms with Crippen LogP contribution in [0.3, 0.4) is 0 Å². The number of rotatable bonds is 6. The first-order valence-corrected chi connectivity index (χ1v) is 8.66. The summed E-state index contributed by atoms with van der Waals surface area (Å²) in [6.07, 6.45) is 0. The van der Waals surface area contributed by atoms with Gasteiger partial charge in [0.05, 0.1) is 5.69 Å². The lowest BCUT2D eigenvalue weighted by Crippen LogP contribution is -2.08. The molecule has 2 aromatic carbocycles. The number of ether oxygens (including phenoxy) is 2. The van der Waals surface area contributed by atoms with Gasteiger partial charge in [-0.1, -0.05) is 11.6 Å². The Bertz CT molecular complexity index is 801. The van der Waals surface area contributed by atoms with E-state index < -0.39 is 0 Å². The van der Waals surface area contributed by atoms with Gasteiger partial charge >= 0.3 is 0 Å². The first-order chi connectivity index (χ1) is 11.6. The molecule has 0 radical (unpaired) electrons. The number of hydrogen-bond acceptors (Lipinski definition) is 5. The maximum atomic E-state index is 5.83. The molecule has 0 atom stereocenters. The van der Waals surface area contributed by atoms with Gasteiger partial charge in [0, 0.05) is 15.5 Å². The molecule has 3 rings (SSSR count). The number of nitrogens with zero attached hydrogens (tertiary/aromatic N) is 1. The maximum Gasteiger partial charge on any atom is 0.180 e. The van der Waals surface area contributed by atoms with E-state index in [4.69, 9.17) is 26.8 Å². The Morgan fingerprint density at radius 2 is 1.50 bits per heavy atom. The minimum atomic E-state index is 0.463. The third kappa shape index (κ3) is 4.19. The molecule has 0 saturated heterocycles. The third-order valence-electron chi connectivity index (χ3n) is 3.38. The second-order valence-corrected chi connectivity index (χ2v) is 6.80. The molecule has 1 heterocycles. The lowest BCUT2D eigenvalue weighted by Gasteiger charge is -2.09. The minimum absolute atomic E-state index is 0.463. The van der Waals surface area contributed by atoms with Gasteiger partial charge in [0.1, 0.15) is 24.7 Å². The number of aryl methyl sites for hydroxylation is 1. The highest BCUT2D eigenvalue weighted by Crippen LogP contribution is 2.29. The number of aromatic nitrogens is 1. The van der Waals surface area contributed by atoms with Crippen molar-refractivity contribution < 1.29 is 9.47 Å². The fourth-order valence-corrected chi connectivity index (χ4v) is 3.08. The number of nitrogens with two attached hydrogens (primary N) is 1. The molecule has 3 aromatic rings. The van der Waals surface area contributed by atoms with Crippen LogP contribution in [-0.4, -0.2) is 18.2 Å². The Kier molecular flexibility index (Phi) is 5.23. The summed E-state index contributed by atoms with van der Waals surface area (Å²) in [5, 5.41) is 1.28. The topological polar surface area (TPSA) is 57.4 Å². The molecule has 2 N–H and O–H groups in total. The molecule has 0 aliphatic heterocycles. The van der Waals surface area contributed by atoms with Crippen LogP contribution in [-0.2, 0) is 0 Å². The van der Waals surface area contributed by atoms with E-state index in [9.17, 15) is 0 Å². The number of nitrogen functional groups attached to an aromatic ring is 1. The predicted octanol–water partition coefficient (Wildman–Crippen LogP) is 4.81. The van der Waals surface area contributed by atoms with Crippen molar-refractivity contribution in [2.75, 3.05) is 18.9 Å². The van der Waals surface area contributed by atoms with Crippen LogP contribution < -0.4 is 15.2 Å². The summed E-state index contributed by atoms with van der Waals surface area (Å²) in [5.74, 6) is 1.56. The number of halogens is 1. The fraction of sp³-hybridized carbons (Fsp3) is 0.167. The van der Waals surface area contributed by atoms with E-state index in [1.165, 1.54) is 11.3 Å². The van der Waals surface area contributed by atoms with Crippen molar-refractivity contribution in [3.63, 3.8) is 0 Å². The highest BCUT2D eigenvalue weighted by atomic mass is 35.5. The molecule has 0 aliphatic rings. The first kappa shape index (κ1) is 16.6. The average Bonchev–Trinajstić information content (AvgIpc) is 2.92. The highest BCUT2D eigenvalue weighted by molar-refractivity contribution is 7.15. The van der Waals surface area contributed by atoms with Crippen LogP contribution in [0.15, 0.2) is 48.5 Å². The van der Waals surface area contributed by atoms with Crippen LogP contribution in [0.2, 0.25) is 5.02 Å². The van der Waals surface area contributed by atoms with E-state index in [0.29, 0.717) is 23.4 Å². The van der Waals surface area contributed by atoms with Crippen molar-refractivity contribution in [2.24, 2.45) is 0 Å². The summed E-state index contributed by atoms with van der Waals surface area (Å²) < 4.78 is 11.3. The Morgan fingerprint density at radius 1 is 0.958 bits per heavy atom. The quantitative estimate of drug-likeness (QED) is 0.641. The minimum Gasteiger partial charge on any atom is -0.490 e. The number of hydrogen-bond donors (Lipinski definition) is 1. The standard InChI is InChI=1S/C18H17ClN2O2S/c1-12-17(21-18(20)24-12)13-2-6-15(7-3-13)22-10-11-23-16-8-4-14(19)5-9-16/h2-9H,10-11H2,1H3,(H2,20,21). The van der Waals surface area contributed by atoms with Gasteiger partial charge in [-0.3, -0.25) is 0 Å². The van der Waals surface area contributed by atoms with E-state index in [2.05, 4.69) is 4.98 Å². The van der Waals surface area contributed by atoms with Crippen LogP contribution in [0.1, 0.15) is 4.88 Å². The van der Waals surface area contributed by atoms with Gasteiger partial charge in [0.15, 0.2) is 5.13 Å². The van der Waals surface area contributed by atoms with E-state index in [0.717, 1.165) is 27.6 Å². The molecule has 1 aromatic heterocycles. The van der Waals surface area contributed by atoms with Crippen LogP contribution in [0, 0.1) is 6.92 Å². The summed E-state index contributed by atoms with van der Waals surface area (Å²) in [6.45, 7) is 2.94. The molecule has 0 spiro atoms. The van der Waals surface area contributed by atoms with Crippen molar-refractivity contribution in [3.05, 3.63) is 58.4 Å². The monoisotopic (exact) mass is 360 g/mol. The van der Waals surface area contributed by atoms with Gasteiger partial charge < -0.3 is 15.2 Å². The molecular weight excluding hydrogens is 344 g/mol. The second-order valence-electron chi connectivity index (χ2n) is 5.13. The smallest absolute Gasteiger partial charge is 0.180 e. The maximum absolute atomic E-state index is 5.83. The number of thiazole rings is 1. The Morgan fingerprint density at radius 3 is 2.00 bits per heavy atom. The van der Waals surface area contributed by atoms with Crippen molar-refractivity contribution in [1.29, 1.82) is 0 Å². The zero-order valence-corrected chi connectivity index (χ0v) is 14.7. The van der Waals surface area contributed by atoms with Crippen molar-refractivity contribution in [3.8, 4) is 22.8 Å². The summed E-state index contributed by atoms with van der Waals surface area (Å²) in [6, 6.07) is 15.1. The molecule has 0 aliphatic carbocycles. The predicted molar refractivity (Wildman–Crippen MR) is 99.1 cm³/mol. The summed E-state index contributed by atoms with van der Waals surface area (Å²) in [4.78, 5) is 5.46. The zero-order valence-electron chi connectivity index (χ0n) is 13.2. The van der Waals surface area contributed by atoms with Crippen LogP contribution in [0.4, 0.5) is 5.13 Å². The summed E-state index contributed by atoms with van der Waals surface area (Å²) in [7, 11) is 0. The molecule has 124 valence electrons. The Hall–Kier alpha value is -2.24. The number of anilines is 1. The normalized spacial score (nSPS) is 10.6. The van der Waals surface area contributed by atoms with Crippen molar-refractivity contribution >= 4 is 28.1 Å². The van der Waals surface area contributed by atoms with Crippen LogP contribution in [0.25, 0.3) is 11.3 Å². The molecule has 0 unspecified atom stereocenters. The molecule has 24 heavy (non-hydrogen) atoms. The van der Waals surface area contributed by atoms with Gasteiger partial charge in [0.2, 0.25) is 0 Å². The van der Waals surface area contributed by atoms with Crippen molar-refractivity contribution in [2.45, 2.75) is 6.92 Å². The summed E-state index contributed by atoms with van der Waals surface area (Å²) in [5.41, 5.74) is 7.70. The van der Waals surface area contributed by atoms with Gasteiger partial charge in [0.25, 0.3) is 0 Å². The molecule has 0 amide bonds. The van der Waals surface area contributed by atoms with Gasteiger partial charge in [-0.2, -0.15) is 0 Å². The van der Waals surface area contributed by atoms with Crippen molar-refractivity contribution in [1.82, 2.24) is 4.98 Å². The Balaban J connectivity index is 1.51. The molecule has 4 nitrogen and oxygen atoms in total. The molecule has 6 heteroatoms. The summed E-state index contributed by atoms with van der Waals surface area (Å²) >= 11 is 7.32. The third-order valence-corrected chi connectivity index (χ3v) is 4.43. The molecular formula is C18H17ClN2O2S. The molecule has 0 saturated carbocycles. The SMILES string of the molecule is Cc1sc(N)nc1-c1ccc(OCCOc2ccc(Cl)cc2)cc1. The Labute approximate surface area is 149 Å². The zero-order chi connectivity index (χ0) is 16.9. The van der Waals surface area contributed by atoms with Crippen LogP contribution >= 0.6 is 22.9 Å². The van der Waals surface area contributed by atoms with E-state index in [1.807, 2.05) is 43.3 Å². The van der Waals surface area contributed by atoms with Gasteiger partial charge in [-0.15, -0.1) is 11.3 Å². The van der Waals surface area contributed by atoms with E-state index >= 15 is 0 Å². The first-order valence-electron chi connectivity index (χ1n) is 7.46. The van der Waals surface area contributed by atoms with E-state index in [1.54, 1.807) is 12.1 Å². The lowest BCUT2D eigenvalue weighted by molar-refractivity contribution is 0.217. The average molecular weight is 361 g/mol. The molecule has 0 fully saturated rings. The fourth-order valence-electron chi connectivity index (χ4n) is 2.24. The van der Waals surface area contributed by atoms with Crippen LogP contribution in [0.5, 0.6) is 11.5 Å².